The van der Waals surface area contributed by atoms with Crippen molar-refractivity contribution < 1.29 is 8.42 Å². The van der Waals surface area contributed by atoms with Gasteiger partial charge in [-0.15, -0.1) is 0 Å². The van der Waals surface area contributed by atoms with Crippen molar-refractivity contribution in [1.29, 1.82) is 5.41 Å². The minimum Gasteiger partial charge on any atom is -0.386 e. The van der Waals surface area contributed by atoms with Gasteiger partial charge in [0, 0.05) is 5.02 Å². The third kappa shape index (κ3) is 2.05. The van der Waals surface area contributed by atoms with Crippen molar-refractivity contribution in [3.05, 3.63) is 29.3 Å². The predicted molar refractivity (Wildman–Crippen MR) is 64.6 cm³/mol. The van der Waals surface area contributed by atoms with Crippen molar-refractivity contribution in [1.82, 2.24) is 0 Å². The van der Waals surface area contributed by atoms with E-state index in [2.05, 4.69) is 0 Å². The smallest absolute Gasteiger partial charge is 0.190 e. The van der Waals surface area contributed by atoms with Crippen molar-refractivity contribution in [2.24, 2.45) is 5.73 Å². The average Bonchev–Trinajstić information content (AvgIpc) is 2.17. The van der Waals surface area contributed by atoms with Crippen molar-refractivity contribution in [3.63, 3.8) is 0 Å². The molecule has 0 unspecified atom stereocenters. The van der Waals surface area contributed by atoms with Crippen molar-refractivity contribution in [3.8, 4) is 0 Å². The van der Waals surface area contributed by atoms with Gasteiger partial charge in [-0.05, 0) is 38.1 Å². The Balaban J connectivity index is 3.33. The molecule has 16 heavy (non-hydrogen) atoms. The molecule has 0 saturated heterocycles. The van der Waals surface area contributed by atoms with Gasteiger partial charge in [0.25, 0.3) is 0 Å². The average molecular weight is 261 g/mol. The lowest BCUT2D eigenvalue weighted by molar-refractivity contribution is 0.576. The molecule has 0 spiro atoms. The van der Waals surface area contributed by atoms with Gasteiger partial charge >= 0.3 is 0 Å². The van der Waals surface area contributed by atoms with Crippen molar-refractivity contribution in [2.45, 2.75) is 23.5 Å². The fourth-order valence-corrected chi connectivity index (χ4v) is 2.55. The van der Waals surface area contributed by atoms with E-state index in [1.54, 1.807) is 0 Å². The molecule has 0 atom stereocenters. The number of sulfone groups is 1. The molecule has 3 N–H and O–H groups in total. The fourth-order valence-electron chi connectivity index (χ4n) is 1.05. The summed E-state index contributed by atoms with van der Waals surface area (Å²) in [7, 11) is -3.66. The van der Waals surface area contributed by atoms with Gasteiger partial charge in [0.15, 0.2) is 9.84 Å². The largest absolute Gasteiger partial charge is 0.386 e. The molecule has 0 saturated carbocycles. The number of halogens is 1. The number of nitrogens with two attached hydrogens (primary N) is 1. The molecular formula is C10H13ClN2O2S. The quantitative estimate of drug-likeness (QED) is 0.642. The maximum Gasteiger partial charge on any atom is 0.190 e. The van der Waals surface area contributed by atoms with E-state index in [4.69, 9.17) is 22.7 Å². The summed E-state index contributed by atoms with van der Waals surface area (Å²) in [6.45, 7) is 2.80. The highest BCUT2D eigenvalue weighted by molar-refractivity contribution is 7.93. The molecule has 0 bridgehead atoms. The second kappa shape index (κ2) is 4.07. The zero-order valence-electron chi connectivity index (χ0n) is 8.99. The standard InChI is InChI=1S/C10H13ClN2O2S/c1-10(2,9(12)13)16(14,15)8-5-3-7(11)4-6-8/h3-6H,1-2H3,(H3,12,13). The van der Waals surface area contributed by atoms with Gasteiger partial charge in [0.05, 0.1) is 4.90 Å². The summed E-state index contributed by atoms with van der Waals surface area (Å²) in [5.74, 6) is -0.387. The second-order valence-corrected chi connectivity index (χ2v) is 6.82. The third-order valence-electron chi connectivity index (χ3n) is 2.44. The molecule has 0 aromatic heterocycles. The molecule has 1 aromatic rings. The van der Waals surface area contributed by atoms with Gasteiger partial charge in [-0.2, -0.15) is 0 Å². The van der Waals surface area contributed by atoms with E-state index in [1.165, 1.54) is 38.1 Å². The molecule has 0 radical (unpaired) electrons. The molecular weight excluding hydrogens is 248 g/mol. The van der Waals surface area contributed by atoms with Gasteiger partial charge in [0.2, 0.25) is 0 Å². The van der Waals surface area contributed by atoms with Crippen LogP contribution in [-0.4, -0.2) is 19.0 Å². The lowest BCUT2D eigenvalue weighted by atomic mass is 10.2. The fraction of sp³-hybridized carbons (Fsp3) is 0.300. The topological polar surface area (TPSA) is 84.0 Å². The minimum atomic E-state index is -3.66. The zero-order valence-corrected chi connectivity index (χ0v) is 10.6. The first-order valence-electron chi connectivity index (χ1n) is 4.54. The van der Waals surface area contributed by atoms with Gasteiger partial charge in [-0.3, -0.25) is 5.41 Å². The lowest BCUT2D eigenvalue weighted by Crippen LogP contribution is -2.44. The molecule has 0 fully saturated rings. The summed E-state index contributed by atoms with van der Waals surface area (Å²) in [5.41, 5.74) is 5.30. The SMILES string of the molecule is CC(C)(C(=N)N)S(=O)(=O)c1ccc(Cl)cc1. The van der Waals surface area contributed by atoms with Crippen molar-refractivity contribution in [2.75, 3.05) is 0 Å². The summed E-state index contributed by atoms with van der Waals surface area (Å²) in [6.07, 6.45) is 0. The summed E-state index contributed by atoms with van der Waals surface area (Å²) in [5, 5.41) is 7.77. The molecule has 0 aliphatic heterocycles. The van der Waals surface area contributed by atoms with Gasteiger partial charge < -0.3 is 5.73 Å². The van der Waals surface area contributed by atoms with E-state index in [0.29, 0.717) is 5.02 Å². The number of benzene rings is 1. The van der Waals surface area contributed by atoms with Crippen LogP contribution in [-0.2, 0) is 9.84 Å². The van der Waals surface area contributed by atoms with E-state index in [1.807, 2.05) is 0 Å². The zero-order chi connectivity index (χ0) is 12.6. The van der Waals surface area contributed by atoms with E-state index >= 15 is 0 Å². The second-order valence-electron chi connectivity index (χ2n) is 3.88. The Hall–Kier alpha value is -1.07. The Morgan fingerprint density at radius 2 is 1.75 bits per heavy atom. The Morgan fingerprint density at radius 1 is 1.31 bits per heavy atom. The summed E-state index contributed by atoms with van der Waals surface area (Å²) in [4.78, 5) is 0.108. The van der Waals surface area contributed by atoms with E-state index < -0.39 is 14.6 Å². The maximum absolute atomic E-state index is 12.1. The molecule has 0 aliphatic rings. The van der Waals surface area contributed by atoms with Crippen LogP contribution in [0.25, 0.3) is 0 Å². The molecule has 88 valence electrons. The van der Waals surface area contributed by atoms with Crippen LogP contribution >= 0.6 is 11.6 Å². The van der Waals surface area contributed by atoms with Crippen LogP contribution in [0.2, 0.25) is 5.02 Å². The first kappa shape index (κ1) is 13.0. The first-order chi connectivity index (χ1) is 7.19. The number of amidine groups is 1. The molecule has 0 amide bonds. The number of nitrogens with one attached hydrogen (secondary N) is 1. The van der Waals surface area contributed by atoms with Gasteiger partial charge in [0.1, 0.15) is 10.6 Å². The highest BCUT2D eigenvalue weighted by atomic mass is 35.5. The van der Waals surface area contributed by atoms with Crippen LogP contribution in [0, 0.1) is 5.41 Å². The van der Waals surface area contributed by atoms with E-state index in [9.17, 15) is 8.42 Å². The van der Waals surface area contributed by atoms with Crippen LogP contribution in [0.15, 0.2) is 29.2 Å². The number of rotatable bonds is 3. The highest BCUT2D eigenvalue weighted by Crippen LogP contribution is 2.26. The van der Waals surface area contributed by atoms with Gasteiger partial charge in [-0.25, -0.2) is 8.42 Å². The van der Waals surface area contributed by atoms with Crippen molar-refractivity contribution >= 4 is 27.3 Å². The Labute approximate surface area is 99.8 Å². The molecule has 1 aromatic carbocycles. The molecule has 1 rings (SSSR count). The highest BCUT2D eigenvalue weighted by Gasteiger charge is 2.38. The van der Waals surface area contributed by atoms with Crippen LogP contribution in [0.3, 0.4) is 0 Å². The minimum absolute atomic E-state index is 0.108. The molecule has 4 nitrogen and oxygen atoms in total. The Bertz CT molecular complexity index is 506. The van der Waals surface area contributed by atoms with Crippen LogP contribution in [0.4, 0.5) is 0 Å². The lowest BCUT2D eigenvalue weighted by Gasteiger charge is -2.23. The van der Waals surface area contributed by atoms with Crippen LogP contribution in [0.5, 0.6) is 0 Å². The van der Waals surface area contributed by atoms with E-state index in [0.717, 1.165) is 0 Å². The number of hydrogen-bond donors (Lipinski definition) is 2. The summed E-state index contributed by atoms with van der Waals surface area (Å²) >= 11 is 5.68. The summed E-state index contributed by atoms with van der Waals surface area (Å²) in [6, 6.07) is 5.79. The monoisotopic (exact) mass is 260 g/mol. The summed E-state index contributed by atoms with van der Waals surface area (Å²) < 4.78 is 22.9. The Morgan fingerprint density at radius 3 is 2.12 bits per heavy atom. The molecule has 0 aliphatic carbocycles. The molecule has 6 heteroatoms. The first-order valence-corrected chi connectivity index (χ1v) is 6.40. The van der Waals surface area contributed by atoms with Crippen LogP contribution in [0.1, 0.15) is 13.8 Å². The predicted octanol–water partition coefficient (Wildman–Crippen LogP) is 1.83. The molecule has 0 heterocycles. The van der Waals surface area contributed by atoms with Gasteiger partial charge in [-0.1, -0.05) is 11.6 Å². The maximum atomic E-state index is 12.1. The Kier molecular flexibility index (Phi) is 3.30. The van der Waals surface area contributed by atoms with E-state index in [-0.39, 0.29) is 10.7 Å². The van der Waals surface area contributed by atoms with Crippen LogP contribution < -0.4 is 5.73 Å². The normalized spacial score (nSPS) is 12.4. The number of hydrogen-bond acceptors (Lipinski definition) is 3. The third-order valence-corrected chi connectivity index (χ3v) is 5.15.